The molecule has 0 saturated carbocycles. The van der Waals surface area contributed by atoms with Crippen molar-refractivity contribution in [2.24, 2.45) is 0 Å². The van der Waals surface area contributed by atoms with Gasteiger partial charge in [0.15, 0.2) is 0 Å². The predicted octanol–water partition coefficient (Wildman–Crippen LogP) is 4.72. The first-order valence-corrected chi connectivity index (χ1v) is 12.9. The lowest BCUT2D eigenvalue weighted by Gasteiger charge is -2.22. The van der Waals surface area contributed by atoms with E-state index in [-0.39, 0.29) is 12.0 Å². The van der Waals surface area contributed by atoms with Gasteiger partial charge in [0.05, 0.1) is 23.2 Å². The van der Waals surface area contributed by atoms with Gasteiger partial charge in [0.25, 0.3) is 10.0 Å². The average Bonchev–Trinajstić information content (AvgIpc) is 2.85. The normalized spacial score (nSPS) is 16.7. The number of rotatable bonds is 10. The minimum absolute atomic E-state index is 0.114. The van der Waals surface area contributed by atoms with Gasteiger partial charge in [0.2, 0.25) is 0 Å². The molecule has 32 heavy (non-hydrogen) atoms. The van der Waals surface area contributed by atoms with Crippen LogP contribution >= 0.6 is 0 Å². The summed E-state index contributed by atoms with van der Waals surface area (Å²) in [5.41, 5.74) is 3.36. The Balaban J connectivity index is 1.68. The van der Waals surface area contributed by atoms with E-state index < -0.39 is 10.0 Å². The maximum absolute atomic E-state index is 13.3. The van der Waals surface area contributed by atoms with Crippen molar-refractivity contribution in [2.75, 3.05) is 24.5 Å². The van der Waals surface area contributed by atoms with E-state index in [1.807, 2.05) is 50.2 Å². The van der Waals surface area contributed by atoms with Crippen molar-refractivity contribution >= 4 is 21.7 Å². The molecule has 1 atom stereocenters. The number of nitrogens with one attached hydrogen (secondary N) is 1. The number of benzene rings is 2. The van der Waals surface area contributed by atoms with E-state index in [1.54, 1.807) is 13.1 Å². The number of unbranched alkanes of at least 4 members (excludes halogenated alkanes) is 3. The third-order valence-corrected chi connectivity index (χ3v) is 7.66. The molecule has 7 heteroatoms. The van der Waals surface area contributed by atoms with Crippen LogP contribution in [0.3, 0.4) is 0 Å². The van der Waals surface area contributed by atoms with Crippen molar-refractivity contribution in [3.8, 4) is 0 Å². The first-order valence-electron chi connectivity index (χ1n) is 11.4. The SMILES string of the molecule is CCCOC(=O)CCCCCCNC1c2ccccc2N(C)S(=O)(=O)c2cc(C)ccc21. The highest BCUT2D eigenvalue weighted by atomic mass is 32.2. The van der Waals surface area contributed by atoms with Gasteiger partial charge in [0.1, 0.15) is 0 Å². The summed E-state index contributed by atoms with van der Waals surface area (Å²) in [5, 5.41) is 3.60. The molecule has 6 nitrogen and oxygen atoms in total. The topological polar surface area (TPSA) is 75.7 Å². The maximum Gasteiger partial charge on any atom is 0.305 e. The van der Waals surface area contributed by atoms with Gasteiger partial charge in [-0.2, -0.15) is 0 Å². The molecule has 2 aromatic carbocycles. The molecule has 1 unspecified atom stereocenters. The molecule has 1 N–H and O–H groups in total. The smallest absolute Gasteiger partial charge is 0.305 e. The summed E-state index contributed by atoms with van der Waals surface area (Å²) in [4.78, 5) is 11.9. The molecule has 0 spiro atoms. The maximum atomic E-state index is 13.3. The molecule has 1 aliphatic heterocycles. The lowest BCUT2D eigenvalue weighted by atomic mass is 9.96. The molecule has 0 fully saturated rings. The van der Waals surface area contributed by atoms with E-state index in [0.717, 1.165) is 55.3 Å². The number of carbonyl (C=O) groups excluding carboxylic acids is 1. The average molecular weight is 459 g/mol. The quantitative estimate of drug-likeness (QED) is 0.412. The minimum atomic E-state index is -3.63. The van der Waals surface area contributed by atoms with Crippen LogP contribution in [0.15, 0.2) is 47.4 Å². The lowest BCUT2D eigenvalue weighted by Crippen LogP contribution is -2.26. The molecule has 0 aromatic heterocycles. The number of para-hydroxylation sites is 1. The largest absolute Gasteiger partial charge is 0.466 e. The first-order chi connectivity index (χ1) is 15.4. The molecule has 0 bridgehead atoms. The van der Waals surface area contributed by atoms with Gasteiger partial charge in [-0.15, -0.1) is 0 Å². The van der Waals surface area contributed by atoms with Crippen molar-refractivity contribution in [1.82, 2.24) is 5.32 Å². The van der Waals surface area contributed by atoms with Crippen LogP contribution in [0.2, 0.25) is 0 Å². The fourth-order valence-corrected chi connectivity index (χ4v) is 5.61. The molecular formula is C25H34N2O4S. The van der Waals surface area contributed by atoms with Crippen LogP contribution in [0.5, 0.6) is 0 Å². The van der Waals surface area contributed by atoms with Gasteiger partial charge in [0, 0.05) is 13.5 Å². The molecule has 0 amide bonds. The van der Waals surface area contributed by atoms with E-state index in [9.17, 15) is 13.2 Å². The summed E-state index contributed by atoms with van der Waals surface area (Å²) in [7, 11) is -2.01. The third kappa shape index (κ3) is 5.51. The zero-order valence-corrected chi connectivity index (χ0v) is 20.1. The predicted molar refractivity (Wildman–Crippen MR) is 127 cm³/mol. The number of carbonyl (C=O) groups is 1. The molecule has 0 radical (unpaired) electrons. The zero-order chi connectivity index (χ0) is 23.1. The van der Waals surface area contributed by atoms with Crippen LogP contribution in [0.25, 0.3) is 0 Å². The highest BCUT2D eigenvalue weighted by Gasteiger charge is 2.34. The van der Waals surface area contributed by atoms with Gasteiger partial charge < -0.3 is 10.1 Å². The summed E-state index contributed by atoms with van der Waals surface area (Å²) >= 11 is 0. The molecule has 1 heterocycles. The summed E-state index contributed by atoms with van der Waals surface area (Å²) in [6, 6.07) is 13.1. The molecule has 2 aromatic rings. The van der Waals surface area contributed by atoms with Crippen molar-refractivity contribution in [2.45, 2.75) is 63.3 Å². The number of esters is 1. The van der Waals surface area contributed by atoms with Gasteiger partial charge in [-0.1, -0.05) is 50.1 Å². The summed E-state index contributed by atoms with van der Waals surface area (Å²) in [6.45, 7) is 5.15. The van der Waals surface area contributed by atoms with Gasteiger partial charge in [-0.05, 0) is 61.6 Å². The Hall–Kier alpha value is -2.38. The van der Waals surface area contributed by atoms with E-state index in [0.29, 0.717) is 23.6 Å². The summed E-state index contributed by atoms with van der Waals surface area (Å²) in [5.74, 6) is -0.114. The Kier molecular flexibility index (Phi) is 8.32. The van der Waals surface area contributed by atoms with Gasteiger partial charge >= 0.3 is 5.97 Å². The van der Waals surface area contributed by atoms with Gasteiger partial charge in [-0.25, -0.2) is 8.42 Å². The van der Waals surface area contributed by atoms with Crippen LogP contribution < -0.4 is 9.62 Å². The number of fused-ring (bicyclic) bond motifs is 2. The standard InChI is InChI=1S/C25H34N2O4S/c1-4-17-31-24(28)13-7-5-6-10-16-26-25-20-11-8-9-12-22(20)27(3)32(29,30)23-18-19(2)14-15-21(23)25/h8-9,11-12,14-15,18,25-26H,4-7,10,13,16-17H2,1-3H3. The highest BCUT2D eigenvalue weighted by molar-refractivity contribution is 7.92. The van der Waals surface area contributed by atoms with Crippen LogP contribution in [0, 0.1) is 6.92 Å². The zero-order valence-electron chi connectivity index (χ0n) is 19.3. The Morgan fingerprint density at radius 1 is 1.06 bits per heavy atom. The Bertz CT molecular complexity index is 1040. The Labute approximate surface area is 192 Å². The lowest BCUT2D eigenvalue weighted by molar-refractivity contribution is -0.143. The second-order valence-electron chi connectivity index (χ2n) is 8.34. The molecular weight excluding hydrogens is 424 g/mol. The number of hydrogen-bond acceptors (Lipinski definition) is 5. The monoisotopic (exact) mass is 458 g/mol. The van der Waals surface area contributed by atoms with Crippen LogP contribution in [0.4, 0.5) is 5.69 Å². The number of hydrogen-bond donors (Lipinski definition) is 1. The Morgan fingerprint density at radius 2 is 1.81 bits per heavy atom. The van der Waals surface area contributed by atoms with Crippen LogP contribution in [-0.2, 0) is 19.6 Å². The van der Waals surface area contributed by atoms with E-state index in [2.05, 4.69) is 5.32 Å². The molecule has 0 aliphatic carbocycles. The van der Waals surface area contributed by atoms with Crippen molar-refractivity contribution in [3.63, 3.8) is 0 Å². The summed E-state index contributed by atoms with van der Waals surface area (Å²) in [6.07, 6.45) is 5.08. The second-order valence-corrected chi connectivity index (χ2v) is 10.3. The van der Waals surface area contributed by atoms with Gasteiger partial charge in [-0.3, -0.25) is 9.10 Å². The van der Waals surface area contributed by atoms with E-state index in [4.69, 9.17) is 4.74 Å². The second kappa shape index (κ2) is 11.0. The van der Waals surface area contributed by atoms with Crippen LogP contribution in [-0.4, -0.2) is 34.6 Å². The number of sulfonamides is 1. The molecule has 3 rings (SSSR count). The third-order valence-electron chi connectivity index (χ3n) is 5.83. The first kappa shape index (κ1) is 24.3. The van der Waals surface area contributed by atoms with Crippen LogP contribution in [0.1, 0.15) is 68.2 Å². The highest BCUT2D eigenvalue weighted by Crippen LogP contribution is 2.40. The summed E-state index contributed by atoms with van der Waals surface area (Å²) < 4.78 is 33.1. The Morgan fingerprint density at radius 3 is 2.59 bits per heavy atom. The molecule has 0 saturated heterocycles. The van der Waals surface area contributed by atoms with E-state index >= 15 is 0 Å². The number of nitrogens with zero attached hydrogens (tertiary/aromatic N) is 1. The molecule has 1 aliphatic rings. The number of aryl methyl sites for hydroxylation is 1. The number of ether oxygens (including phenoxy) is 1. The fourth-order valence-electron chi connectivity index (χ4n) is 4.07. The van der Waals surface area contributed by atoms with E-state index in [1.165, 1.54) is 4.31 Å². The van der Waals surface area contributed by atoms with Crippen molar-refractivity contribution in [1.29, 1.82) is 0 Å². The fraction of sp³-hybridized carbons (Fsp3) is 0.480. The minimum Gasteiger partial charge on any atom is -0.466 e. The van der Waals surface area contributed by atoms with Crippen molar-refractivity contribution in [3.05, 3.63) is 59.2 Å². The molecule has 174 valence electrons. The number of anilines is 1. The van der Waals surface area contributed by atoms with Crippen molar-refractivity contribution < 1.29 is 17.9 Å².